The number of ether oxygens (including phenoxy) is 1. The van der Waals surface area contributed by atoms with Crippen molar-refractivity contribution in [1.29, 1.82) is 0 Å². The van der Waals surface area contributed by atoms with E-state index in [9.17, 15) is 0 Å². The van der Waals surface area contributed by atoms with Gasteiger partial charge in [-0.15, -0.1) is 0 Å². The standard InChI is InChI=1S/C11H11N3O/c1-15-11-5-3-2-4-10(11)14-9-6-12-8-13-7-9/h2-8,14H,1H3. The van der Waals surface area contributed by atoms with Gasteiger partial charge >= 0.3 is 0 Å². The Hall–Kier alpha value is -2.10. The van der Waals surface area contributed by atoms with Crippen LogP contribution in [0.2, 0.25) is 0 Å². The average molecular weight is 201 g/mol. The van der Waals surface area contributed by atoms with Crippen molar-refractivity contribution >= 4 is 11.4 Å². The van der Waals surface area contributed by atoms with Crippen LogP contribution in [0.25, 0.3) is 0 Å². The van der Waals surface area contributed by atoms with Gasteiger partial charge in [-0.2, -0.15) is 0 Å². The monoisotopic (exact) mass is 201 g/mol. The molecular weight excluding hydrogens is 190 g/mol. The van der Waals surface area contributed by atoms with Crippen molar-refractivity contribution in [3.8, 4) is 5.75 Å². The molecule has 1 aromatic heterocycles. The summed E-state index contributed by atoms with van der Waals surface area (Å²) in [6.45, 7) is 0. The zero-order valence-corrected chi connectivity index (χ0v) is 8.34. The highest BCUT2D eigenvalue weighted by Gasteiger charge is 2.00. The SMILES string of the molecule is COc1ccccc1Nc1cncnc1. The Morgan fingerprint density at radius 2 is 1.87 bits per heavy atom. The molecule has 0 unspecified atom stereocenters. The number of nitrogens with one attached hydrogen (secondary N) is 1. The Morgan fingerprint density at radius 1 is 1.13 bits per heavy atom. The van der Waals surface area contributed by atoms with E-state index in [4.69, 9.17) is 4.74 Å². The number of benzene rings is 1. The molecule has 0 aliphatic carbocycles. The fraction of sp³-hybridized carbons (Fsp3) is 0.0909. The quantitative estimate of drug-likeness (QED) is 0.827. The van der Waals surface area contributed by atoms with E-state index in [-0.39, 0.29) is 0 Å². The first kappa shape index (κ1) is 9.45. The number of nitrogens with zero attached hydrogens (tertiary/aromatic N) is 2. The zero-order chi connectivity index (χ0) is 10.5. The Bertz CT molecular complexity index is 431. The third kappa shape index (κ3) is 2.22. The van der Waals surface area contributed by atoms with Crippen LogP contribution in [0.1, 0.15) is 0 Å². The van der Waals surface area contributed by atoms with Gasteiger partial charge in [-0.3, -0.25) is 0 Å². The fourth-order valence-electron chi connectivity index (χ4n) is 1.27. The van der Waals surface area contributed by atoms with Crippen LogP contribution >= 0.6 is 0 Å². The predicted molar refractivity (Wildman–Crippen MR) is 58.3 cm³/mol. The van der Waals surface area contributed by atoms with Gasteiger partial charge < -0.3 is 10.1 Å². The molecule has 1 N–H and O–H groups in total. The molecule has 0 saturated carbocycles. The van der Waals surface area contributed by atoms with E-state index < -0.39 is 0 Å². The lowest BCUT2D eigenvalue weighted by Crippen LogP contribution is -1.94. The molecule has 0 spiro atoms. The first-order valence-corrected chi connectivity index (χ1v) is 4.55. The van der Waals surface area contributed by atoms with Crippen LogP contribution in [0.4, 0.5) is 11.4 Å². The number of hydrogen-bond acceptors (Lipinski definition) is 4. The molecule has 0 aliphatic heterocycles. The third-order valence-electron chi connectivity index (χ3n) is 1.95. The van der Waals surface area contributed by atoms with E-state index in [0.29, 0.717) is 0 Å². The summed E-state index contributed by atoms with van der Waals surface area (Å²) in [5.74, 6) is 0.793. The largest absolute Gasteiger partial charge is 0.495 e. The molecule has 15 heavy (non-hydrogen) atoms. The van der Waals surface area contributed by atoms with Crippen molar-refractivity contribution in [1.82, 2.24) is 9.97 Å². The van der Waals surface area contributed by atoms with Gasteiger partial charge in [-0.25, -0.2) is 9.97 Å². The lowest BCUT2D eigenvalue weighted by Gasteiger charge is -2.09. The van der Waals surface area contributed by atoms with E-state index in [0.717, 1.165) is 17.1 Å². The van der Waals surface area contributed by atoms with Crippen LogP contribution in [-0.4, -0.2) is 17.1 Å². The number of para-hydroxylation sites is 2. The molecular formula is C11H11N3O. The summed E-state index contributed by atoms with van der Waals surface area (Å²) < 4.78 is 5.21. The van der Waals surface area contributed by atoms with Crippen LogP contribution in [0.5, 0.6) is 5.75 Å². The molecule has 4 nitrogen and oxygen atoms in total. The van der Waals surface area contributed by atoms with Crippen molar-refractivity contribution in [2.24, 2.45) is 0 Å². The number of rotatable bonds is 3. The minimum absolute atomic E-state index is 0.793. The van der Waals surface area contributed by atoms with Crippen molar-refractivity contribution in [2.45, 2.75) is 0 Å². The highest BCUT2D eigenvalue weighted by molar-refractivity contribution is 5.64. The second-order valence-electron chi connectivity index (χ2n) is 2.95. The topological polar surface area (TPSA) is 47.0 Å². The summed E-state index contributed by atoms with van der Waals surface area (Å²) in [4.78, 5) is 7.84. The van der Waals surface area contributed by atoms with Gasteiger partial charge in [0.25, 0.3) is 0 Å². The molecule has 0 fully saturated rings. The van der Waals surface area contributed by atoms with E-state index in [2.05, 4.69) is 15.3 Å². The Morgan fingerprint density at radius 3 is 2.60 bits per heavy atom. The molecule has 0 atom stereocenters. The molecule has 2 aromatic rings. The fourth-order valence-corrected chi connectivity index (χ4v) is 1.27. The maximum atomic E-state index is 5.21. The minimum atomic E-state index is 0.793. The van der Waals surface area contributed by atoms with Gasteiger partial charge in [0.15, 0.2) is 0 Å². The van der Waals surface area contributed by atoms with Crippen molar-refractivity contribution < 1.29 is 4.74 Å². The van der Waals surface area contributed by atoms with Crippen LogP contribution in [-0.2, 0) is 0 Å². The van der Waals surface area contributed by atoms with Crippen molar-refractivity contribution in [3.05, 3.63) is 43.0 Å². The molecule has 1 heterocycles. The van der Waals surface area contributed by atoms with Gasteiger partial charge in [-0.1, -0.05) is 12.1 Å². The van der Waals surface area contributed by atoms with Gasteiger partial charge in [0.05, 0.1) is 30.9 Å². The maximum Gasteiger partial charge on any atom is 0.142 e. The lowest BCUT2D eigenvalue weighted by molar-refractivity contribution is 0.417. The Labute approximate surface area is 88.0 Å². The molecule has 1 aromatic carbocycles. The van der Waals surface area contributed by atoms with Gasteiger partial charge in [-0.05, 0) is 12.1 Å². The summed E-state index contributed by atoms with van der Waals surface area (Å²) in [6.07, 6.45) is 4.91. The first-order chi connectivity index (χ1) is 7.40. The van der Waals surface area contributed by atoms with E-state index >= 15 is 0 Å². The summed E-state index contributed by atoms with van der Waals surface area (Å²) in [5.41, 5.74) is 1.73. The molecule has 4 heteroatoms. The number of anilines is 2. The van der Waals surface area contributed by atoms with Gasteiger partial charge in [0, 0.05) is 0 Å². The van der Waals surface area contributed by atoms with Crippen LogP contribution in [0, 0.1) is 0 Å². The summed E-state index contributed by atoms with van der Waals surface area (Å²) in [7, 11) is 1.64. The van der Waals surface area contributed by atoms with E-state index in [1.54, 1.807) is 19.5 Å². The van der Waals surface area contributed by atoms with Crippen molar-refractivity contribution in [3.63, 3.8) is 0 Å². The van der Waals surface area contributed by atoms with Crippen LogP contribution < -0.4 is 10.1 Å². The predicted octanol–water partition coefficient (Wildman–Crippen LogP) is 2.23. The van der Waals surface area contributed by atoms with Gasteiger partial charge in [0.2, 0.25) is 0 Å². The van der Waals surface area contributed by atoms with Crippen LogP contribution in [0.3, 0.4) is 0 Å². The molecule has 0 bridgehead atoms. The maximum absolute atomic E-state index is 5.21. The smallest absolute Gasteiger partial charge is 0.142 e. The third-order valence-corrected chi connectivity index (χ3v) is 1.95. The highest BCUT2D eigenvalue weighted by Crippen LogP contribution is 2.25. The minimum Gasteiger partial charge on any atom is -0.495 e. The second-order valence-corrected chi connectivity index (χ2v) is 2.95. The molecule has 0 radical (unpaired) electrons. The Balaban J connectivity index is 2.24. The first-order valence-electron chi connectivity index (χ1n) is 4.55. The molecule has 76 valence electrons. The zero-order valence-electron chi connectivity index (χ0n) is 8.34. The van der Waals surface area contributed by atoms with Gasteiger partial charge in [0.1, 0.15) is 12.1 Å². The Kier molecular flexibility index (Phi) is 2.78. The summed E-state index contributed by atoms with van der Waals surface area (Å²) in [5, 5.41) is 3.17. The van der Waals surface area contributed by atoms with Crippen molar-refractivity contribution in [2.75, 3.05) is 12.4 Å². The molecule has 0 saturated heterocycles. The number of methoxy groups -OCH3 is 1. The van der Waals surface area contributed by atoms with E-state index in [1.807, 2.05) is 24.3 Å². The number of aromatic nitrogens is 2. The second kappa shape index (κ2) is 4.41. The lowest BCUT2D eigenvalue weighted by atomic mass is 10.3. The molecule has 2 rings (SSSR count). The molecule has 0 amide bonds. The summed E-state index contributed by atoms with van der Waals surface area (Å²) >= 11 is 0. The number of hydrogen-bond donors (Lipinski definition) is 1. The highest BCUT2D eigenvalue weighted by atomic mass is 16.5. The summed E-state index contributed by atoms with van der Waals surface area (Å²) in [6, 6.07) is 7.69. The average Bonchev–Trinajstić information content (AvgIpc) is 2.31. The van der Waals surface area contributed by atoms with E-state index in [1.165, 1.54) is 6.33 Å². The molecule has 0 aliphatic rings. The normalized spacial score (nSPS) is 9.67. The van der Waals surface area contributed by atoms with Crippen LogP contribution in [0.15, 0.2) is 43.0 Å².